The fourth-order valence-corrected chi connectivity index (χ4v) is 6.10. The first-order valence-electron chi connectivity index (χ1n) is 12.3. The van der Waals surface area contributed by atoms with E-state index in [2.05, 4.69) is 0 Å². The van der Waals surface area contributed by atoms with E-state index in [1.54, 1.807) is 29.3 Å². The summed E-state index contributed by atoms with van der Waals surface area (Å²) in [6, 6.07) is 10.5. The van der Waals surface area contributed by atoms with Crippen LogP contribution < -0.4 is 15.4 Å². The number of carbonyl (C=O) groups excluding carboxylic acids is 1. The molecule has 2 fully saturated rings. The van der Waals surface area contributed by atoms with E-state index in [1.165, 1.54) is 22.2 Å². The predicted octanol–water partition coefficient (Wildman–Crippen LogP) is 4.47. The summed E-state index contributed by atoms with van der Waals surface area (Å²) in [7, 11) is 0. The average molecular weight is 538 g/mol. The van der Waals surface area contributed by atoms with Crippen molar-refractivity contribution in [1.29, 1.82) is 0 Å². The van der Waals surface area contributed by atoms with E-state index in [-0.39, 0.29) is 23.3 Å². The van der Waals surface area contributed by atoms with Crippen molar-refractivity contribution >= 4 is 57.4 Å². The van der Waals surface area contributed by atoms with Gasteiger partial charge in [0.1, 0.15) is 21.6 Å². The van der Waals surface area contributed by atoms with E-state index >= 15 is 0 Å². The lowest BCUT2D eigenvalue weighted by molar-refractivity contribution is -0.123. The fourth-order valence-electron chi connectivity index (χ4n) is 4.66. The number of para-hydroxylation sites is 1. The van der Waals surface area contributed by atoms with E-state index in [9.17, 15) is 14.0 Å². The Kier molecular flexibility index (Phi) is 7.04. The van der Waals surface area contributed by atoms with Gasteiger partial charge in [-0.15, -0.1) is 0 Å². The normalized spacial score (nSPS) is 18.4. The van der Waals surface area contributed by atoms with Crippen molar-refractivity contribution in [1.82, 2.24) is 14.3 Å². The molecule has 192 valence electrons. The number of fused-ring (bicyclic) bond motifs is 1. The number of thioether (sulfide) groups is 1. The molecular formula is C27H28FN5O2S2. The highest BCUT2D eigenvalue weighted by Gasteiger charge is 2.35. The van der Waals surface area contributed by atoms with Crippen molar-refractivity contribution < 1.29 is 9.18 Å². The summed E-state index contributed by atoms with van der Waals surface area (Å²) < 4.78 is 16.4. The molecule has 3 aromatic rings. The molecule has 1 unspecified atom stereocenters. The van der Waals surface area contributed by atoms with Crippen LogP contribution in [0, 0.1) is 12.7 Å². The minimum Gasteiger partial charge on any atom is -0.366 e. The Labute approximate surface area is 224 Å². The van der Waals surface area contributed by atoms with Gasteiger partial charge >= 0.3 is 0 Å². The summed E-state index contributed by atoms with van der Waals surface area (Å²) in [6.07, 6.45) is 4.17. The maximum absolute atomic E-state index is 14.4. The van der Waals surface area contributed by atoms with Gasteiger partial charge in [0.15, 0.2) is 0 Å². The minimum absolute atomic E-state index is 0.0252. The number of amides is 1. The zero-order valence-corrected chi connectivity index (χ0v) is 22.6. The molecule has 0 aliphatic carbocycles. The third-order valence-corrected chi connectivity index (χ3v) is 8.22. The number of aromatic nitrogens is 2. The summed E-state index contributed by atoms with van der Waals surface area (Å²) in [6.45, 7) is 8.14. The number of carbonyl (C=O) groups is 1. The second-order valence-electron chi connectivity index (χ2n) is 9.32. The SMILES string of the molecule is CCC(C)N1C(=O)/C(=C\c2c(N3CCN(c4ccccc4F)CC3)nc3ccc(C)cn3c2=O)SC1=S. The average Bonchev–Trinajstić information content (AvgIpc) is 3.18. The molecule has 1 atom stereocenters. The number of nitrogens with zero attached hydrogens (tertiary/aromatic N) is 5. The fraction of sp³-hybridized carbons (Fsp3) is 0.333. The van der Waals surface area contributed by atoms with E-state index in [0.717, 1.165) is 12.0 Å². The molecule has 2 aliphatic heterocycles. The largest absolute Gasteiger partial charge is 0.366 e. The summed E-state index contributed by atoms with van der Waals surface area (Å²) in [5.74, 6) is 0.0849. The first-order valence-corrected chi connectivity index (χ1v) is 13.6. The van der Waals surface area contributed by atoms with Gasteiger partial charge in [0, 0.05) is 38.4 Å². The Balaban J connectivity index is 1.55. The van der Waals surface area contributed by atoms with E-state index in [0.29, 0.717) is 58.1 Å². The Bertz CT molecular complexity index is 1480. The van der Waals surface area contributed by atoms with Gasteiger partial charge in [-0.1, -0.05) is 49.1 Å². The maximum Gasteiger partial charge on any atom is 0.267 e. The second-order valence-corrected chi connectivity index (χ2v) is 11.0. The number of hydrogen-bond donors (Lipinski definition) is 0. The number of benzene rings is 1. The number of halogens is 1. The first-order chi connectivity index (χ1) is 17.8. The van der Waals surface area contributed by atoms with E-state index < -0.39 is 0 Å². The first kappa shape index (κ1) is 25.4. The van der Waals surface area contributed by atoms with Crippen LogP contribution in [0.3, 0.4) is 0 Å². The molecule has 1 aromatic carbocycles. The monoisotopic (exact) mass is 537 g/mol. The second kappa shape index (κ2) is 10.3. The van der Waals surface area contributed by atoms with Crippen molar-refractivity contribution in [3.8, 4) is 0 Å². The van der Waals surface area contributed by atoms with Crippen LogP contribution in [0.15, 0.2) is 52.3 Å². The van der Waals surface area contributed by atoms with Gasteiger partial charge in [0.25, 0.3) is 11.5 Å². The zero-order valence-electron chi connectivity index (χ0n) is 21.0. The lowest BCUT2D eigenvalue weighted by atomic mass is 10.2. The molecule has 2 aliphatic rings. The lowest BCUT2D eigenvalue weighted by Crippen LogP contribution is -2.47. The Hall–Kier alpha value is -3.24. The molecule has 0 N–H and O–H groups in total. The highest BCUT2D eigenvalue weighted by molar-refractivity contribution is 8.26. The molecular weight excluding hydrogens is 509 g/mol. The van der Waals surface area contributed by atoms with Gasteiger partial charge in [-0.2, -0.15) is 0 Å². The number of anilines is 2. The lowest BCUT2D eigenvalue weighted by Gasteiger charge is -2.37. The minimum atomic E-state index is -0.252. The van der Waals surface area contributed by atoms with Gasteiger partial charge in [-0.25, -0.2) is 9.37 Å². The third-order valence-electron chi connectivity index (χ3n) is 6.89. The number of aryl methyl sites for hydroxylation is 1. The summed E-state index contributed by atoms with van der Waals surface area (Å²) >= 11 is 6.71. The third kappa shape index (κ3) is 4.75. The van der Waals surface area contributed by atoms with Crippen LogP contribution >= 0.6 is 24.0 Å². The predicted molar refractivity (Wildman–Crippen MR) is 152 cm³/mol. The zero-order chi connectivity index (χ0) is 26.3. The summed E-state index contributed by atoms with van der Waals surface area (Å²) in [5, 5.41) is 0. The van der Waals surface area contributed by atoms with Crippen LogP contribution in [0.1, 0.15) is 31.4 Å². The molecule has 0 radical (unpaired) electrons. The molecule has 7 nitrogen and oxygen atoms in total. The Morgan fingerprint density at radius 3 is 2.51 bits per heavy atom. The molecule has 5 rings (SSSR count). The Morgan fingerprint density at radius 1 is 1.11 bits per heavy atom. The van der Waals surface area contributed by atoms with Crippen molar-refractivity contribution in [2.24, 2.45) is 0 Å². The highest BCUT2D eigenvalue weighted by atomic mass is 32.2. The van der Waals surface area contributed by atoms with Crippen LogP contribution in [0.2, 0.25) is 0 Å². The van der Waals surface area contributed by atoms with Gasteiger partial charge < -0.3 is 9.80 Å². The number of thiocarbonyl (C=S) groups is 1. The van der Waals surface area contributed by atoms with Gasteiger partial charge in [0.05, 0.1) is 16.2 Å². The molecule has 10 heteroatoms. The molecule has 2 saturated heterocycles. The smallest absolute Gasteiger partial charge is 0.267 e. The Morgan fingerprint density at radius 2 is 1.81 bits per heavy atom. The van der Waals surface area contributed by atoms with Crippen LogP contribution in [0.25, 0.3) is 11.7 Å². The maximum atomic E-state index is 14.4. The summed E-state index contributed by atoms with van der Waals surface area (Å²) in [4.78, 5) is 37.9. The van der Waals surface area contributed by atoms with Crippen LogP contribution in [0.5, 0.6) is 0 Å². The van der Waals surface area contributed by atoms with Crippen molar-refractivity contribution in [3.63, 3.8) is 0 Å². The molecule has 0 spiro atoms. The quantitative estimate of drug-likeness (QED) is 0.352. The molecule has 4 heterocycles. The van der Waals surface area contributed by atoms with Crippen LogP contribution in [0.4, 0.5) is 15.9 Å². The van der Waals surface area contributed by atoms with Crippen molar-refractivity contribution in [2.75, 3.05) is 36.0 Å². The van der Waals surface area contributed by atoms with Gasteiger partial charge in [-0.05, 0) is 50.1 Å². The standard InChI is InChI=1S/C27H28FN5O2S2/c1-4-18(3)33-26(35)22(37-27(33)36)15-19-24(29-23-10-9-17(2)16-32(23)25(19)34)31-13-11-30(12-14-31)21-8-6-5-7-20(21)28/h5-10,15-16,18H,4,11-14H2,1-3H3/b22-15+. The van der Waals surface area contributed by atoms with Crippen LogP contribution in [-0.2, 0) is 4.79 Å². The van der Waals surface area contributed by atoms with Crippen LogP contribution in [-0.4, -0.2) is 56.7 Å². The van der Waals surface area contributed by atoms with Crippen molar-refractivity contribution in [2.45, 2.75) is 33.2 Å². The number of piperazine rings is 1. The van der Waals surface area contributed by atoms with E-state index in [1.807, 2.05) is 48.8 Å². The molecule has 2 aromatic heterocycles. The van der Waals surface area contributed by atoms with Crippen molar-refractivity contribution in [3.05, 3.63) is 74.8 Å². The van der Waals surface area contributed by atoms with E-state index in [4.69, 9.17) is 17.2 Å². The molecule has 0 bridgehead atoms. The topological polar surface area (TPSA) is 61.2 Å². The highest BCUT2D eigenvalue weighted by Crippen LogP contribution is 2.35. The van der Waals surface area contributed by atoms with Gasteiger partial charge in [-0.3, -0.25) is 18.9 Å². The van der Waals surface area contributed by atoms with Gasteiger partial charge in [0.2, 0.25) is 0 Å². The molecule has 37 heavy (non-hydrogen) atoms. The number of rotatable bonds is 5. The molecule has 0 saturated carbocycles. The number of pyridine rings is 1. The molecule has 1 amide bonds. The summed E-state index contributed by atoms with van der Waals surface area (Å²) in [5.41, 5.74) is 2.14. The number of hydrogen-bond acceptors (Lipinski definition) is 7.